The lowest BCUT2D eigenvalue weighted by Crippen LogP contribution is -2.50. The van der Waals surface area contributed by atoms with Gasteiger partial charge in [-0.2, -0.15) is 0 Å². The van der Waals surface area contributed by atoms with Gasteiger partial charge in [0.15, 0.2) is 0 Å². The van der Waals surface area contributed by atoms with E-state index in [2.05, 4.69) is 14.7 Å². The van der Waals surface area contributed by atoms with Crippen LogP contribution in [0.4, 0.5) is 5.69 Å². The van der Waals surface area contributed by atoms with Gasteiger partial charge in [-0.05, 0) is 35.9 Å². The average molecular weight is 478 g/mol. The first-order valence-electron chi connectivity index (χ1n) is 10.6. The molecule has 9 nitrogen and oxygen atoms in total. The molecule has 3 aromatic rings. The summed E-state index contributed by atoms with van der Waals surface area (Å²) in [5.74, 6) is -0.386. The molecule has 174 valence electrons. The van der Waals surface area contributed by atoms with Crippen molar-refractivity contribution in [3.63, 3.8) is 0 Å². The van der Waals surface area contributed by atoms with Crippen molar-refractivity contribution in [1.29, 1.82) is 0 Å². The van der Waals surface area contributed by atoms with Crippen LogP contribution in [0.1, 0.15) is 26.4 Å². The zero-order valence-electron chi connectivity index (χ0n) is 18.2. The molecule has 0 spiro atoms. The number of nitrogens with zero attached hydrogens (tertiary/aromatic N) is 4. The summed E-state index contributed by atoms with van der Waals surface area (Å²) >= 11 is 0. The van der Waals surface area contributed by atoms with Crippen LogP contribution in [0.15, 0.2) is 78.6 Å². The Hall–Kier alpha value is -4.05. The van der Waals surface area contributed by atoms with E-state index in [0.29, 0.717) is 37.4 Å². The topological polar surface area (TPSA) is 113 Å². The minimum Gasteiger partial charge on any atom is -0.335 e. The van der Waals surface area contributed by atoms with E-state index < -0.39 is 10.0 Å². The van der Waals surface area contributed by atoms with Gasteiger partial charge in [0.2, 0.25) is 0 Å². The maximum absolute atomic E-state index is 12.9. The van der Waals surface area contributed by atoms with Gasteiger partial charge in [0, 0.05) is 49.8 Å². The number of carbonyl (C=O) groups is 2. The van der Waals surface area contributed by atoms with Crippen LogP contribution < -0.4 is 4.72 Å². The Bertz CT molecular complexity index is 1270. The normalized spacial score (nSPS) is 14.2. The van der Waals surface area contributed by atoms with Crippen molar-refractivity contribution in [2.24, 2.45) is 0 Å². The van der Waals surface area contributed by atoms with Crippen molar-refractivity contribution >= 4 is 33.6 Å². The predicted octanol–water partition coefficient (Wildman–Crippen LogP) is 2.49. The smallest absolute Gasteiger partial charge is 0.274 e. The van der Waals surface area contributed by atoms with Crippen molar-refractivity contribution < 1.29 is 18.0 Å². The molecule has 0 unspecified atom stereocenters. The van der Waals surface area contributed by atoms with Gasteiger partial charge >= 0.3 is 0 Å². The van der Waals surface area contributed by atoms with E-state index in [1.165, 1.54) is 24.7 Å². The summed E-state index contributed by atoms with van der Waals surface area (Å²) < 4.78 is 27.1. The third kappa shape index (κ3) is 5.84. The summed E-state index contributed by atoms with van der Waals surface area (Å²) in [5, 5.41) is 1.10. The maximum Gasteiger partial charge on any atom is 0.274 e. The second kappa shape index (κ2) is 10.3. The molecule has 2 aromatic carbocycles. The molecule has 0 aliphatic carbocycles. The van der Waals surface area contributed by atoms with Crippen LogP contribution in [-0.2, 0) is 10.0 Å². The summed E-state index contributed by atoms with van der Waals surface area (Å²) in [6.07, 6.45) is 5.91. The minimum absolute atomic E-state index is 0.176. The molecule has 34 heavy (non-hydrogen) atoms. The van der Waals surface area contributed by atoms with Crippen molar-refractivity contribution in [2.45, 2.75) is 0 Å². The fourth-order valence-corrected chi connectivity index (χ4v) is 4.35. The highest BCUT2D eigenvalue weighted by Crippen LogP contribution is 2.16. The lowest BCUT2D eigenvalue weighted by molar-refractivity contribution is 0.0532. The quantitative estimate of drug-likeness (QED) is 0.584. The molecular weight excluding hydrogens is 454 g/mol. The fourth-order valence-electron chi connectivity index (χ4n) is 3.48. The average Bonchev–Trinajstić information content (AvgIpc) is 2.88. The molecule has 2 amide bonds. The Morgan fingerprint density at radius 1 is 0.853 bits per heavy atom. The number of hydrogen-bond acceptors (Lipinski definition) is 6. The van der Waals surface area contributed by atoms with Gasteiger partial charge in [0.05, 0.1) is 11.6 Å². The highest BCUT2D eigenvalue weighted by molar-refractivity contribution is 7.95. The van der Waals surface area contributed by atoms with Gasteiger partial charge < -0.3 is 9.80 Å². The van der Waals surface area contributed by atoms with Crippen molar-refractivity contribution in [2.75, 3.05) is 30.9 Å². The third-order valence-electron chi connectivity index (χ3n) is 5.27. The van der Waals surface area contributed by atoms with Gasteiger partial charge in [0.1, 0.15) is 5.69 Å². The number of aromatic nitrogens is 2. The van der Waals surface area contributed by atoms with Crippen LogP contribution in [0.25, 0.3) is 6.08 Å². The molecule has 0 atom stereocenters. The second-order valence-electron chi connectivity index (χ2n) is 7.61. The van der Waals surface area contributed by atoms with E-state index in [1.54, 1.807) is 46.2 Å². The molecule has 0 bridgehead atoms. The van der Waals surface area contributed by atoms with Crippen molar-refractivity contribution in [1.82, 2.24) is 19.8 Å². The molecular formula is C24H23N5O4S. The lowest BCUT2D eigenvalue weighted by Gasteiger charge is -2.34. The lowest BCUT2D eigenvalue weighted by atomic mass is 10.1. The molecule has 10 heteroatoms. The zero-order chi connectivity index (χ0) is 24.0. The Morgan fingerprint density at radius 2 is 1.50 bits per heavy atom. The van der Waals surface area contributed by atoms with Crippen LogP contribution >= 0.6 is 0 Å². The van der Waals surface area contributed by atoms with Crippen molar-refractivity contribution in [3.05, 3.63) is 95.4 Å². The summed E-state index contributed by atoms with van der Waals surface area (Å²) in [7, 11) is -3.70. The van der Waals surface area contributed by atoms with E-state index in [-0.39, 0.29) is 17.5 Å². The number of hydrogen-bond donors (Lipinski definition) is 1. The number of carbonyl (C=O) groups excluding carboxylic acids is 2. The van der Waals surface area contributed by atoms with Crippen LogP contribution in [-0.4, -0.2) is 66.2 Å². The SMILES string of the molecule is O=C(c1ccc(NS(=O)(=O)/C=C/c2ccccc2)cc1)N1CCN(C(=O)c2cnccn2)CC1. The summed E-state index contributed by atoms with van der Waals surface area (Å²) in [6.45, 7) is 1.58. The molecule has 1 N–H and O–H groups in total. The van der Waals surface area contributed by atoms with E-state index in [0.717, 1.165) is 11.0 Å². The molecule has 1 aromatic heterocycles. The van der Waals surface area contributed by atoms with Crippen LogP contribution in [0.2, 0.25) is 0 Å². The molecule has 1 aliphatic rings. The summed E-state index contributed by atoms with van der Waals surface area (Å²) in [5.41, 5.74) is 1.84. The first kappa shape index (κ1) is 23.1. The summed E-state index contributed by atoms with van der Waals surface area (Å²) in [6, 6.07) is 15.4. The number of piperazine rings is 1. The Labute approximate surface area is 197 Å². The standard InChI is InChI=1S/C24H23N5O4S/c30-23(28-13-15-29(16-14-28)24(31)22-18-25-11-12-26-22)20-6-8-21(9-7-20)27-34(32,33)17-10-19-4-2-1-3-5-19/h1-12,17-18,27H,13-16H2/b17-10+. The highest BCUT2D eigenvalue weighted by atomic mass is 32.2. The number of benzene rings is 2. The Morgan fingerprint density at radius 3 is 2.12 bits per heavy atom. The predicted molar refractivity (Wildman–Crippen MR) is 128 cm³/mol. The van der Waals surface area contributed by atoms with Gasteiger partial charge in [0.25, 0.3) is 21.8 Å². The first-order valence-corrected chi connectivity index (χ1v) is 12.2. The number of anilines is 1. The van der Waals surface area contributed by atoms with Gasteiger partial charge in [-0.3, -0.25) is 19.3 Å². The van der Waals surface area contributed by atoms with E-state index in [9.17, 15) is 18.0 Å². The number of nitrogens with one attached hydrogen (secondary N) is 1. The molecule has 0 radical (unpaired) electrons. The zero-order valence-corrected chi connectivity index (χ0v) is 19.1. The van der Waals surface area contributed by atoms with Gasteiger partial charge in [-0.15, -0.1) is 0 Å². The maximum atomic E-state index is 12.9. The van der Waals surface area contributed by atoms with E-state index in [4.69, 9.17) is 0 Å². The monoisotopic (exact) mass is 477 g/mol. The highest BCUT2D eigenvalue weighted by Gasteiger charge is 2.26. The Balaban J connectivity index is 1.33. The molecule has 2 heterocycles. The van der Waals surface area contributed by atoms with E-state index >= 15 is 0 Å². The van der Waals surface area contributed by atoms with Crippen molar-refractivity contribution in [3.8, 4) is 0 Å². The van der Waals surface area contributed by atoms with E-state index in [1.807, 2.05) is 18.2 Å². The van der Waals surface area contributed by atoms with Crippen LogP contribution in [0.5, 0.6) is 0 Å². The van der Waals surface area contributed by atoms with Gasteiger partial charge in [-0.25, -0.2) is 13.4 Å². The van der Waals surface area contributed by atoms with Gasteiger partial charge in [-0.1, -0.05) is 30.3 Å². The van der Waals surface area contributed by atoms with Crippen LogP contribution in [0.3, 0.4) is 0 Å². The Kier molecular flexibility index (Phi) is 6.98. The third-order valence-corrected chi connectivity index (χ3v) is 6.28. The minimum atomic E-state index is -3.70. The first-order chi connectivity index (χ1) is 16.4. The fraction of sp³-hybridized carbons (Fsp3) is 0.167. The van der Waals surface area contributed by atoms with Crippen LogP contribution in [0, 0.1) is 0 Å². The number of rotatable bonds is 6. The molecule has 1 fully saturated rings. The second-order valence-corrected chi connectivity index (χ2v) is 9.18. The molecule has 1 saturated heterocycles. The number of amides is 2. The number of sulfonamides is 1. The molecule has 4 rings (SSSR count). The molecule has 0 saturated carbocycles. The largest absolute Gasteiger partial charge is 0.335 e. The molecule has 1 aliphatic heterocycles. The summed E-state index contributed by atoms with van der Waals surface area (Å²) in [4.78, 5) is 36.6.